The summed E-state index contributed by atoms with van der Waals surface area (Å²) in [5.74, 6) is 0.401. The Balaban J connectivity index is 1.55. The minimum Gasteiger partial charge on any atom is -0.493 e. The summed E-state index contributed by atoms with van der Waals surface area (Å²) < 4.78 is 16.1. The molecule has 31 heavy (non-hydrogen) atoms. The molecule has 6 nitrogen and oxygen atoms in total. The summed E-state index contributed by atoms with van der Waals surface area (Å²) in [6.45, 7) is 1.49. The van der Waals surface area contributed by atoms with E-state index in [1.165, 1.54) is 11.3 Å². The van der Waals surface area contributed by atoms with E-state index >= 15 is 0 Å². The average molecular weight is 435 g/mol. The first kappa shape index (κ1) is 21.0. The quantitative estimate of drug-likeness (QED) is 0.496. The second-order valence-electron chi connectivity index (χ2n) is 7.25. The third-order valence-electron chi connectivity index (χ3n) is 5.44. The number of rotatable bonds is 7. The van der Waals surface area contributed by atoms with E-state index in [4.69, 9.17) is 14.2 Å². The molecule has 0 saturated carbocycles. The van der Waals surface area contributed by atoms with Gasteiger partial charge in [0.25, 0.3) is 0 Å². The van der Waals surface area contributed by atoms with Gasteiger partial charge in [-0.25, -0.2) is 4.98 Å². The van der Waals surface area contributed by atoms with Crippen molar-refractivity contribution in [2.75, 3.05) is 27.4 Å². The van der Waals surface area contributed by atoms with Crippen molar-refractivity contribution in [2.45, 2.75) is 18.3 Å². The van der Waals surface area contributed by atoms with Crippen LogP contribution in [0.25, 0.3) is 11.3 Å². The number of benzene rings is 2. The van der Waals surface area contributed by atoms with E-state index in [-0.39, 0.29) is 5.78 Å². The van der Waals surface area contributed by atoms with Crippen molar-refractivity contribution in [1.29, 1.82) is 5.26 Å². The molecule has 1 aliphatic rings. The highest BCUT2D eigenvalue weighted by molar-refractivity contribution is 7.10. The molecule has 0 N–H and O–H groups in total. The van der Waals surface area contributed by atoms with E-state index in [2.05, 4.69) is 11.1 Å². The third kappa shape index (κ3) is 4.31. The highest BCUT2D eigenvalue weighted by atomic mass is 32.1. The lowest BCUT2D eigenvalue weighted by Gasteiger charge is -2.10. The van der Waals surface area contributed by atoms with Crippen LogP contribution in [0.15, 0.2) is 47.8 Å². The van der Waals surface area contributed by atoms with E-state index in [1.807, 2.05) is 29.6 Å². The van der Waals surface area contributed by atoms with Crippen LogP contribution in [-0.2, 0) is 4.74 Å². The molecule has 0 radical (unpaired) electrons. The number of ether oxygens (including phenoxy) is 3. The summed E-state index contributed by atoms with van der Waals surface area (Å²) in [6.07, 6.45) is 0.992. The number of Topliss-reactive ketones (excluding diaryl/α,β-unsaturated/α-hetero) is 1. The van der Waals surface area contributed by atoms with Crippen molar-refractivity contribution in [2.24, 2.45) is 0 Å². The summed E-state index contributed by atoms with van der Waals surface area (Å²) in [5, 5.41) is 12.0. The van der Waals surface area contributed by atoms with Gasteiger partial charge in [0.1, 0.15) is 5.01 Å². The fraction of sp³-hybridized carbons (Fsp3) is 0.292. The average Bonchev–Trinajstić information content (AvgIpc) is 3.52. The van der Waals surface area contributed by atoms with Crippen LogP contribution in [0.4, 0.5) is 0 Å². The Morgan fingerprint density at radius 3 is 2.61 bits per heavy atom. The Kier molecular flexibility index (Phi) is 6.31. The molecule has 1 fully saturated rings. The molecule has 1 saturated heterocycles. The maximum atomic E-state index is 13.0. The number of aromatic nitrogens is 1. The van der Waals surface area contributed by atoms with Gasteiger partial charge < -0.3 is 14.2 Å². The van der Waals surface area contributed by atoms with Gasteiger partial charge in [-0.2, -0.15) is 5.26 Å². The molecule has 2 unspecified atom stereocenters. The fourth-order valence-corrected chi connectivity index (χ4v) is 4.53. The van der Waals surface area contributed by atoms with Gasteiger partial charge in [0.2, 0.25) is 0 Å². The van der Waals surface area contributed by atoms with Gasteiger partial charge in [0.15, 0.2) is 23.2 Å². The molecule has 7 heteroatoms. The molecule has 2 atom stereocenters. The van der Waals surface area contributed by atoms with Crippen LogP contribution >= 0.6 is 11.3 Å². The molecule has 2 heterocycles. The molecule has 1 aliphatic heterocycles. The van der Waals surface area contributed by atoms with Crippen molar-refractivity contribution in [3.63, 3.8) is 0 Å². The maximum absolute atomic E-state index is 13.0. The largest absolute Gasteiger partial charge is 0.493 e. The van der Waals surface area contributed by atoms with Crippen molar-refractivity contribution >= 4 is 17.1 Å². The predicted octanol–water partition coefficient (Wildman–Crippen LogP) is 4.82. The van der Waals surface area contributed by atoms with E-state index in [0.29, 0.717) is 40.3 Å². The molecule has 158 valence electrons. The van der Waals surface area contributed by atoms with E-state index in [1.54, 1.807) is 32.4 Å². The first-order valence-corrected chi connectivity index (χ1v) is 10.8. The smallest absolute Gasteiger partial charge is 0.186 e. The zero-order valence-corrected chi connectivity index (χ0v) is 18.1. The summed E-state index contributed by atoms with van der Waals surface area (Å²) >= 11 is 1.30. The summed E-state index contributed by atoms with van der Waals surface area (Å²) in [7, 11) is 3.15. The van der Waals surface area contributed by atoms with E-state index < -0.39 is 5.92 Å². The number of carbonyl (C=O) groups excluding carboxylic acids is 1. The maximum Gasteiger partial charge on any atom is 0.186 e. The van der Waals surface area contributed by atoms with Crippen LogP contribution in [0.1, 0.15) is 39.2 Å². The van der Waals surface area contributed by atoms with Crippen molar-refractivity contribution in [1.82, 2.24) is 4.98 Å². The van der Waals surface area contributed by atoms with Gasteiger partial charge in [-0.1, -0.05) is 24.3 Å². The molecule has 1 aromatic heterocycles. The minimum absolute atomic E-state index is 0.245. The van der Waals surface area contributed by atoms with Crippen LogP contribution in [0, 0.1) is 11.3 Å². The van der Waals surface area contributed by atoms with E-state index in [9.17, 15) is 10.1 Å². The third-order valence-corrected chi connectivity index (χ3v) is 6.35. The Morgan fingerprint density at radius 1 is 1.19 bits per heavy atom. The molecular formula is C24H22N2O4S. The topological polar surface area (TPSA) is 81.4 Å². The van der Waals surface area contributed by atoms with Gasteiger partial charge >= 0.3 is 0 Å². The van der Waals surface area contributed by atoms with Gasteiger partial charge in [0.05, 0.1) is 32.6 Å². The van der Waals surface area contributed by atoms with Crippen LogP contribution < -0.4 is 9.47 Å². The lowest BCUT2D eigenvalue weighted by molar-refractivity contribution is 0.0979. The van der Waals surface area contributed by atoms with E-state index in [0.717, 1.165) is 24.2 Å². The molecule has 0 aliphatic carbocycles. The Bertz CT molecular complexity index is 1110. The van der Waals surface area contributed by atoms with Gasteiger partial charge in [-0.3, -0.25) is 4.79 Å². The van der Waals surface area contributed by atoms with Crippen LogP contribution in [0.3, 0.4) is 0 Å². The minimum atomic E-state index is -0.945. The standard InChI is InChI=1S/C24H22N2O4S/c1-28-21-8-7-17(11-22(21)29-2)20-14-31-24(26-20)19(12-25)23(27)16-5-3-15(4-6-16)18-9-10-30-13-18/h3-8,11,14,18-19H,9-10,13H2,1-2H3. The highest BCUT2D eigenvalue weighted by Gasteiger charge is 2.26. The normalized spacial score (nSPS) is 16.5. The first-order valence-electron chi connectivity index (χ1n) is 9.94. The second kappa shape index (κ2) is 9.29. The summed E-state index contributed by atoms with van der Waals surface area (Å²) in [6, 6.07) is 15.1. The number of hydrogen-bond donors (Lipinski definition) is 0. The predicted molar refractivity (Wildman–Crippen MR) is 118 cm³/mol. The van der Waals surface area contributed by atoms with Gasteiger partial charge in [-0.15, -0.1) is 11.3 Å². The van der Waals surface area contributed by atoms with Crippen molar-refractivity contribution < 1.29 is 19.0 Å². The zero-order chi connectivity index (χ0) is 21.8. The molecule has 0 amide bonds. The number of nitrogens with zero attached hydrogens (tertiary/aromatic N) is 2. The lowest BCUT2D eigenvalue weighted by Crippen LogP contribution is -2.11. The Labute approximate surface area is 185 Å². The second-order valence-corrected chi connectivity index (χ2v) is 8.14. The highest BCUT2D eigenvalue weighted by Crippen LogP contribution is 2.34. The van der Waals surface area contributed by atoms with Gasteiger partial charge in [0, 0.05) is 29.0 Å². The fourth-order valence-electron chi connectivity index (χ4n) is 3.66. The number of thiazole rings is 1. The number of hydrogen-bond acceptors (Lipinski definition) is 7. The van der Waals surface area contributed by atoms with Crippen LogP contribution in [-0.4, -0.2) is 38.2 Å². The summed E-state index contributed by atoms with van der Waals surface area (Å²) in [5.41, 5.74) is 3.18. The number of nitriles is 1. The SMILES string of the molecule is COc1ccc(-c2csc(C(C#N)C(=O)c3ccc(C4CCOC4)cc3)n2)cc1OC. The summed E-state index contributed by atoms with van der Waals surface area (Å²) in [4.78, 5) is 17.6. The Morgan fingerprint density at radius 2 is 1.97 bits per heavy atom. The lowest BCUT2D eigenvalue weighted by atomic mass is 9.94. The Hall–Kier alpha value is -3.21. The van der Waals surface area contributed by atoms with Crippen molar-refractivity contribution in [3.8, 4) is 28.8 Å². The van der Waals surface area contributed by atoms with Crippen LogP contribution in [0.2, 0.25) is 0 Å². The molecular weight excluding hydrogens is 412 g/mol. The number of carbonyl (C=O) groups is 1. The number of ketones is 1. The monoisotopic (exact) mass is 434 g/mol. The van der Waals surface area contributed by atoms with Crippen LogP contribution in [0.5, 0.6) is 11.5 Å². The number of methoxy groups -OCH3 is 2. The first-order chi connectivity index (χ1) is 15.1. The molecule has 0 bridgehead atoms. The van der Waals surface area contributed by atoms with Gasteiger partial charge in [-0.05, 0) is 30.2 Å². The molecule has 2 aromatic carbocycles. The molecule has 4 rings (SSSR count). The molecule has 3 aromatic rings. The van der Waals surface area contributed by atoms with Crippen molar-refractivity contribution in [3.05, 3.63) is 64.0 Å². The molecule has 0 spiro atoms. The zero-order valence-electron chi connectivity index (χ0n) is 17.3.